The van der Waals surface area contributed by atoms with E-state index in [-0.39, 0.29) is 4.87 Å². The predicted octanol–water partition coefficient (Wildman–Crippen LogP) is 2.84. The zero-order chi connectivity index (χ0) is 13.8. The Bertz CT molecular complexity index is 625. The molecule has 100 valence electrons. The molecule has 0 atom stereocenters. The standard InChI is InChI=1S/C14H15NO3S/c1-3-9-5-7-10(8-6-9)11-12(13(16)18-4-2)19-14(17)15-11/h5-8H,3-4H2,1-2H3,(H,15,17). The lowest BCUT2D eigenvalue weighted by molar-refractivity contribution is 0.0532. The number of aromatic nitrogens is 1. The van der Waals surface area contributed by atoms with Gasteiger partial charge in [0.1, 0.15) is 4.88 Å². The van der Waals surface area contributed by atoms with Crippen molar-refractivity contribution < 1.29 is 9.53 Å². The van der Waals surface area contributed by atoms with E-state index in [0.717, 1.165) is 23.3 Å². The SMILES string of the molecule is CCOC(=O)c1sc(=O)[nH]c1-c1ccc(CC)cc1. The fourth-order valence-electron chi connectivity index (χ4n) is 1.78. The van der Waals surface area contributed by atoms with Gasteiger partial charge in [-0.25, -0.2) is 4.79 Å². The summed E-state index contributed by atoms with van der Waals surface area (Å²) >= 11 is 0.882. The van der Waals surface area contributed by atoms with Crippen LogP contribution in [0, 0.1) is 0 Å². The van der Waals surface area contributed by atoms with Crippen LogP contribution in [0.3, 0.4) is 0 Å². The van der Waals surface area contributed by atoms with Crippen LogP contribution >= 0.6 is 11.3 Å². The van der Waals surface area contributed by atoms with Crippen LogP contribution in [0.4, 0.5) is 0 Å². The van der Waals surface area contributed by atoms with E-state index in [9.17, 15) is 9.59 Å². The van der Waals surface area contributed by atoms with Gasteiger partial charge in [-0.2, -0.15) is 0 Å². The van der Waals surface area contributed by atoms with Crippen LogP contribution in [-0.4, -0.2) is 17.6 Å². The number of carbonyl (C=O) groups excluding carboxylic acids is 1. The highest BCUT2D eigenvalue weighted by Crippen LogP contribution is 2.24. The third kappa shape index (κ3) is 2.93. The Morgan fingerprint density at radius 2 is 1.95 bits per heavy atom. The van der Waals surface area contributed by atoms with E-state index in [1.54, 1.807) is 6.92 Å². The fourth-order valence-corrected chi connectivity index (χ4v) is 2.53. The topological polar surface area (TPSA) is 59.2 Å². The summed E-state index contributed by atoms with van der Waals surface area (Å²) in [4.78, 5) is 26.1. The van der Waals surface area contributed by atoms with Gasteiger partial charge in [0, 0.05) is 0 Å². The average Bonchev–Trinajstić information content (AvgIpc) is 2.81. The fraction of sp³-hybridized carbons (Fsp3) is 0.286. The number of thiazole rings is 1. The van der Waals surface area contributed by atoms with Crippen molar-refractivity contribution in [3.8, 4) is 11.3 Å². The number of hydrogen-bond donors (Lipinski definition) is 1. The van der Waals surface area contributed by atoms with Crippen molar-refractivity contribution in [1.82, 2.24) is 4.98 Å². The normalized spacial score (nSPS) is 10.4. The van der Waals surface area contributed by atoms with E-state index in [1.807, 2.05) is 24.3 Å². The second-order valence-electron chi connectivity index (χ2n) is 3.99. The number of nitrogens with one attached hydrogen (secondary N) is 1. The minimum Gasteiger partial charge on any atom is -0.462 e. The van der Waals surface area contributed by atoms with Crippen molar-refractivity contribution in [2.45, 2.75) is 20.3 Å². The van der Waals surface area contributed by atoms with Gasteiger partial charge in [-0.15, -0.1) is 0 Å². The lowest BCUT2D eigenvalue weighted by Gasteiger charge is -2.04. The number of aryl methyl sites for hydroxylation is 1. The van der Waals surface area contributed by atoms with Gasteiger partial charge >= 0.3 is 10.8 Å². The summed E-state index contributed by atoms with van der Waals surface area (Å²) in [5, 5.41) is 0. The molecule has 2 aromatic rings. The molecular weight excluding hydrogens is 262 g/mol. The molecule has 1 N–H and O–H groups in total. The third-order valence-corrected chi connectivity index (χ3v) is 3.62. The van der Waals surface area contributed by atoms with E-state index in [2.05, 4.69) is 11.9 Å². The van der Waals surface area contributed by atoms with Crippen molar-refractivity contribution in [1.29, 1.82) is 0 Å². The lowest BCUT2D eigenvalue weighted by Crippen LogP contribution is -2.03. The second kappa shape index (κ2) is 5.84. The van der Waals surface area contributed by atoms with Crippen LogP contribution in [-0.2, 0) is 11.2 Å². The smallest absolute Gasteiger partial charge is 0.350 e. The molecule has 0 bridgehead atoms. The Labute approximate surface area is 115 Å². The number of ether oxygens (including phenoxy) is 1. The highest BCUT2D eigenvalue weighted by Gasteiger charge is 2.18. The molecule has 0 saturated carbocycles. The predicted molar refractivity (Wildman–Crippen MR) is 75.7 cm³/mol. The highest BCUT2D eigenvalue weighted by molar-refractivity contribution is 7.11. The largest absolute Gasteiger partial charge is 0.462 e. The molecule has 2 rings (SSSR count). The van der Waals surface area contributed by atoms with Crippen LogP contribution in [0.15, 0.2) is 29.1 Å². The first-order valence-electron chi connectivity index (χ1n) is 6.15. The van der Waals surface area contributed by atoms with Crippen molar-refractivity contribution in [2.75, 3.05) is 6.61 Å². The summed E-state index contributed by atoms with van der Waals surface area (Å²) in [7, 11) is 0. The van der Waals surface area contributed by atoms with E-state index < -0.39 is 5.97 Å². The maximum absolute atomic E-state index is 11.8. The molecular formula is C14H15NO3S. The summed E-state index contributed by atoms with van der Waals surface area (Å²) in [6.45, 7) is 4.10. The van der Waals surface area contributed by atoms with Crippen LogP contribution in [0.1, 0.15) is 29.1 Å². The molecule has 0 spiro atoms. The molecule has 0 aliphatic carbocycles. The Morgan fingerprint density at radius 1 is 1.26 bits per heavy atom. The van der Waals surface area contributed by atoms with Crippen molar-refractivity contribution >= 4 is 17.3 Å². The molecule has 5 heteroatoms. The van der Waals surface area contributed by atoms with Crippen molar-refractivity contribution in [3.63, 3.8) is 0 Å². The van der Waals surface area contributed by atoms with Crippen LogP contribution < -0.4 is 4.87 Å². The van der Waals surface area contributed by atoms with Crippen LogP contribution in [0.5, 0.6) is 0 Å². The summed E-state index contributed by atoms with van der Waals surface area (Å²) in [6.07, 6.45) is 0.950. The maximum atomic E-state index is 11.8. The van der Waals surface area contributed by atoms with E-state index >= 15 is 0 Å². The van der Waals surface area contributed by atoms with Gasteiger partial charge in [-0.1, -0.05) is 42.5 Å². The van der Waals surface area contributed by atoms with E-state index in [0.29, 0.717) is 17.2 Å². The molecule has 1 aromatic carbocycles. The lowest BCUT2D eigenvalue weighted by atomic mass is 10.1. The van der Waals surface area contributed by atoms with E-state index in [4.69, 9.17) is 4.74 Å². The zero-order valence-electron chi connectivity index (χ0n) is 10.9. The Hall–Kier alpha value is -1.88. The first-order chi connectivity index (χ1) is 9.15. The molecule has 0 aliphatic rings. The molecule has 0 aliphatic heterocycles. The number of hydrogen-bond acceptors (Lipinski definition) is 4. The van der Waals surface area contributed by atoms with Gasteiger partial charge < -0.3 is 9.72 Å². The van der Waals surface area contributed by atoms with Gasteiger partial charge in [-0.05, 0) is 24.5 Å². The summed E-state index contributed by atoms with van der Waals surface area (Å²) in [5.41, 5.74) is 2.56. The molecule has 1 aromatic heterocycles. The third-order valence-electron chi connectivity index (χ3n) is 2.76. The molecule has 0 saturated heterocycles. The maximum Gasteiger partial charge on any atom is 0.350 e. The summed E-state index contributed by atoms with van der Waals surface area (Å²) in [5.74, 6) is -0.458. The quantitative estimate of drug-likeness (QED) is 0.874. The minimum atomic E-state index is -0.458. The molecule has 0 unspecified atom stereocenters. The monoisotopic (exact) mass is 277 g/mol. The molecule has 0 radical (unpaired) electrons. The number of benzene rings is 1. The van der Waals surface area contributed by atoms with Crippen LogP contribution in [0.2, 0.25) is 0 Å². The Balaban J connectivity index is 2.43. The number of esters is 1. The minimum absolute atomic E-state index is 0.252. The summed E-state index contributed by atoms with van der Waals surface area (Å²) in [6, 6.07) is 7.78. The molecule has 0 fully saturated rings. The van der Waals surface area contributed by atoms with Crippen molar-refractivity contribution in [3.05, 3.63) is 44.4 Å². The Morgan fingerprint density at radius 3 is 2.53 bits per heavy atom. The number of rotatable bonds is 4. The highest BCUT2D eigenvalue weighted by atomic mass is 32.1. The number of carbonyl (C=O) groups is 1. The second-order valence-corrected chi connectivity index (χ2v) is 4.97. The van der Waals surface area contributed by atoms with Crippen LogP contribution in [0.25, 0.3) is 11.3 Å². The van der Waals surface area contributed by atoms with Gasteiger partial charge in [0.15, 0.2) is 0 Å². The number of aromatic amines is 1. The van der Waals surface area contributed by atoms with Gasteiger partial charge in [0.2, 0.25) is 0 Å². The molecule has 4 nitrogen and oxygen atoms in total. The zero-order valence-corrected chi connectivity index (χ0v) is 11.7. The van der Waals surface area contributed by atoms with Gasteiger partial charge in [0.25, 0.3) is 0 Å². The first-order valence-corrected chi connectivity index (χ1v) is 6.96. The molecule has 1 heterocycles. The Kier molecular flexibility index (Phi) is 4.16. The average molecular weight is 277 g/mol. The molecule has 19 heavy (non-hydrogen) atoms. The first kappa shape index (κ1) is 13.5. The van der Waals surface area contributed by atoms with E-state index in [1.165, 1.54) is 5.56 Å². The van der Waals surface area contributed by atoms with Gasteiger partial charge in [0.05, 0.1) is 12.3 Å². The van der Waals surface area contributed by atoms with Crippen molar-refractivity contribution in [2.24, 2.45) is 0 Å². The summed E-state index contributed by atoms with van der Waals surface area (Å²) < 4.78 is 4.96. The number of H-pyrrole nitrogens is 1. The molecule has 0 amide bonds. The van der Waals surface area contributed by atoms with Gasteiger partial charge in [-0.3, -0.25) is 4.79 Å².